The molecule has 1 aliphatic rings. The molecule has 2 rings (SSSR count). The largest absolute Gasteiger partial charge is 0.477 e. The summed E-state index contributed by atoms with van der Waals surface area (Å²) in [4.78, 5) is 17.2. The first-order valence-electron chi connectivity index (χ1n) is 9.05. The Balaban J connectivity index is 2.10. The highest BCUT2D eigenvalue weighted by Gasteiger charge is 2.42. The Morgan fingerprint density at radius 2 is 2.25 bits per heavy atom. The normalized spacial score (nSPS) is 23.8. The molecule has 1 aromatic rings. The zero-order chi connectivity index (χ0) is 17.6. The average molecular weight is 334 g/mol. The van der Waals surface area contributed by atoms with E-state index in [0.29, 0.717) is 30.7 Å². The number of hydrogen-bond donors (Lipinski definition) is 1. The average Bonchev–Trinajstić information content (AvgIpc) is 2.54. The number of ether oxygens (including phenoxy) is 2. The van der Waals surface area contributed by atoms with Crippen molar-refractivity contribution >= 4 is 11.6 Å². The maximum atomic E-state index is 12.9. The lowest BCUT2D eigenvalue weighted by Crippen LogP contribution is -2.48. The fourth-order valence-electron chi connectivity index (χ4n) is 3.41. The predicted octanol–water partition coefficient (Wildman–Crippen LogP) is 4.10. The van der Waals surface area contributed by atoms with E-state index >= 15 is 0 Å². The Hall–Kier alpha value is -1.62. The van der Waals surface area contributed by atoms with Crippen molar-refractivity contribution in [3.8, 4) is 5.88 Å². The summed E-state index contributed by atoms with van der Waals surface area (Å²) in [7, 11) is 0. The van der Waals surface area contributed by atoms with Gasteiger partial charge in [0, 0.05) is 12.2 Å². The lowest BCUT2D eigenvalue weighted by Gasteiger charge is -2.38. The molecule has 0 aromatic carbocycles. The quantitative estimate of drug-likeness (QED) is 0.815. The molecule has 0 saturated heterocycles. The number of aromatic nitrogens is 1. The summed E-state index contributed by atoms with van der Waals surface area (Å²) in [6.45, 7) is 9.31. The number of rotatable bonds is 7. The van der Waals surface area contributed by atoms with Crippen molar-refractivity contribution in [3.63, 3.8) is 0 Å². The van der Waals surface area contributed by atoms with Gasteiger partial charge in [-0.3, -0.25) is 4.79 Å². The summed E-state index contributed by atoms with van der Waals surface area (Å²) in [5.74, 6) is 1.07. The number of anilines is 1. The highest BCUT2D eigenvalue weighted by molar-refractivity contribution is 5.97. The molecular weight excluding hydrogens is 304 g/mol. The van der Waals surface area contributed by atoms with E-state index in [4.69, 9.17) is 9.47 Å². The van der Waals surface area contributed by atoms with Gasteiger partial charge in [-0.1, -0.05) is 20.3 Å². The number of nitrogens with one attached hydrogen (secondary N) is 1. The Morgan fingerprint density at radius 3 is 2.88 bits per heavy atom. The predicted molar refractivity (Wildman–Crippen MR) is 95.4 cm³/mol. The third-order valence-corrected chi connectivity index (χ3v) is 4.52. The first kappa shape index (κ1) is 18.7. The second kappa shape index (κ2) is 8.47. The number of amides is 1. The van der Waals surface area contributed by atoms with Gasteiger partial charge in [-0.05, 0) is 51.5 Å². The Morgan fingerprint density at radius 1 is 1.46 bits per heavy atom. The van der Waals surface area contributed by atoms with Crippen LogP contribution in [0.5, 0.6) is 5.88 Å². The van der Waals surface area contributed by atoms with Crippen LogP contribution in [0.25, 0.3) is 0 Å². The summed E-state index contributed by atoms with van der Waals surface area (Å²) >= 11 is 0. The molecule has 1 aliphatic carbocycles. The van der Waals surface area contributed by atoms with Gasteiger partial charge in [0.25, 0.3) is 5.91 Å². The van der Waals surface area contributed by atoms with E-state index in [1.165, 1.54) is 0 Å². The molecule has 1 N–H and O–H groups in total. The van der Waals surface area contributed by atoms with Crippen molar-refractivity contribution in [1.29, 1.82) is 0 Å². The van der Waals surface area contributed by atoms with Gasteiger partial charge >= 0.3 is 0 Å². The van der Waals surface area contributed by atoms with Crippen LogP contribution in [0.4, 0.5) is 5.69 Å². The molecule has 0 spiro atoms. The van der Waals surface area contributed by atoms with Crippen LogP contribution in [0.1, 0.15) is 58.4 Å². The Labute approximate surface area is 145 Å². The lowest BCUT2D eigenvalue weighted by atomic mass is 9.78. The fourth-order valence-corrected chi connectivity index (χ4v) is 3.41. The van der Waals surface area contributed by atoms with Crippen molar-refractivity contribution in [3.05, 3.63) is 17.8 Å². The van der Waals surface area contributed by atoms with Crippen LogP contribution in [-0.4, -0.2) is 29.7 Å². The van der Waals surface area contributed by atoms with Gasteiger partial charge < -0.3 is 14.8 Å². The van der Waals surface area contributed by atoms with Crippen molar-refractivity contribution < 1.29 is 14.3 Å². The fraction of sp³-hybridized carbons (Fsp3) is 0.684. The maximum absolute atomic E-state index is 12.9. The number of hydrogen-bond acceptors (Lipinski definition) is 4. The zero-order valence-corrected chi connectivity index (χ0v) is 15.4. The number of aryl methyl sites for hydroxylation is 1. The minimum atomic E-state index is -0.711. The monoisotopic (exact) mass is 334 g/mol. The molecule has 2 atom stereocenters. The second-order valence-electron chi connectivity index (χ2n) is 6.78. The molecule has 134 valence electrons. The highest BCUT2D eigenvalue weighted by Crippen LogP contribution is 2.36. The molecule has 1 aromatic heterocycles. The zero-order valence-electron chi connectivity index (χ0n) is 15.4. The van der Waals surface area contributed by atoms with Gasteiger partial charge in [0.05, 0.1) is 18.5 Å². The van der Waals surface area contributed by atoms with Crippen LogP contribution in [0.15, 0.2) is 12.3 Å². The SMILES string of the molecule is CCCOc1ncc(NC(=O)[C@]2(OCC)CCC[C@H](C)C2)cc1C. The van der Waals surface area contributed by atoms with E-state index in [1.807, 2.05) is 19.9 Å². The topological polar surface area (TPSA) is 60.5 Å². The number of nitrogens with zero attached hydrogens (tertiary/aromatic N) is 1. The summed E-state index contributed by atoms with van der Waals surface area (Å²) in [6, 6.07) is 1.90. The standard InChI is InChI=1S/C19H30N2O3/c1-5-10-23-17-15(4)11-16(13-20-17)21-18(22)19(24-6-2)9-7-8-14(3)12-19/h11,13-14H,5-10,12H2,1-4H3,(H,21,22)/t14-,19-/m0/s1. The van der Waals surface area contributed by atoms with Crippen molar-refractivity contribution in [2.45, 2.75) is 65.4 Å². The molecule has 0 bridgehead atoms. The molecule has 24 heavy (non-hydrogen) atoms. The van der Waals surface area contributed by atoms with E-state index < -0.39 is 5.60 Å². The van der Waals surface area contributed by atoms with E-state index in [2.05, 4.69) is 24.1 Å². The van der Waals surface area contributed by atoms with Crippen molar-refractivity contribution in [2.24, 2.45) is 5.92 Å². The molecule has 5 heteroatoms. The van der Waals surface area contributed by atoms with Gasteiger partial charge in [0.15, 0.2) is 0 Å². The first-order chi connectivity index (χ1) is 11.5. The van der Waals surface area contributed by atoms with Crippen LogP contribution >= 0.6 is 0 Å². The van der Waals surface area contributed by atoms with Crippen molar-refractivity contribution in [2.75, 3.05) is 18.5 Å². The minimum Gasteiger partial charge on any atom is -0.477 e. The van der Waals surface area contributed by atoms with Crippen LogP contribution in [-0.2, 0) is 9.53 Å². The molecule has 0 radical (unpaired) electrons. The summed E-state index contributed by atoms with van der Waals surface area (Å²) in [5, 5.41) is 3.00. The number of carbonyl (C=O) groups is 1. The third-order valence-electron chi connectivity index (χ3n) is 4.52. The highest BCUT2D eigenvalue weighted by atomic mass is 16.5. The summed E-state index contributed by atoms with van der Waals surface area (Å²) in [6.07, 6.45) is 6.33. The Bertz CT molecular complexity index is 558. The van der Waals surface area contributed by atoms with E-state index in [1.54, 1.807) is 6.20 Å². The maximum Gasteiger partial charge on any atom is 0.256 e. The van der Waals surface area contributed by atoms with Gasteiger partial charge in [0.2, 0.25) is 5.88 Å². The minimum absolute atomic E-state index is 0.0562. The third kappa shape index (κ3) is 4.47. The van der Waals surface area contributed by atoms with Crippen LogP contribution in [0.2, 0.25) is 0 Å². The molecular formula is C19H30N2O3. The van der Waals surface area contributed by atoms with E-state index in [-0.39, 0.29) is 5.91 Å². The molecule has 1 saturated carbocycles. The van der Waals surface area contributed by atoms with Gasteiger partial charge in [0.1, 0.15) is 5.60 Å². The molecule has 1 fully saturated rings. The van der Waals surface area contributed by atoms with Crippen LogP contribution < -0.4 is 10.1 Å². The van der Waals surface area contributed by atoms with E-state index in [0.717, 1.165) is 37.7 Å². The van der Waals surface area contributed by atoms with Crippen LogP contribution in [0.3, 0.4) is 0 Å². The number of pyridine rings is 1. The van der Waals surface area contributed by atoms with Gasteiger partial charge in [-0.25, -0.2) is 4.98 Å². The Kier molecular flexibility index (Phi) is 6.60. The van der Waals surface area contributed by atoms with Crippen LogP contribution in [0, 0.1) is 12.8 Å². The molecule has 5 nitrogen and oxygen atoms in total. The van der Waals surface area contributed by atoms with Crippen molar-refractivity contribution in [1.82, 2.24) is 4.98 Å². The first-order valence-corrected chi connectivity index (χ1v) is 9.05. The molecule has 0 unspecified atom stereocenters. The summed E-state index contributed by atoms with van der Waals surface area (Å²) in [5.41, 5.74) is 0.903. The second-order valence-corrected chi connectivity index (χ2v) is 6.78. The van der Waals surface area contributed by atoms with E-state index in [9.17, 15) is 4.79 Å². The molecule has 1 amide bonds. The number of carbonyl (C=O) groups excluding carboxylic acids is 1. The van der Waals surface area contributed by atoms with Gasteiger partial charge in [-0.15, -0.1) is 0 Å². The lowest BCUT2D eigenvalue weighted by molar-refractivity contribution is -0.147. The molecule has 1 heterocycles. The van der Waals surface area contributed by atoms with Gasteiger partial charge in [-0.2, -0.15) is 0 Å². The summed E-state index contributed by atoms with van der Waals surface area (Å²) < 4.78 is 11.5. The smallest absolute Gasteiger partial charge is 0.256 e. The molecule has 0 aliphatic heterocycles.